The third kappa shape index (κ3) is 2.01. The lowest BCUT2D eigenvalue weighted by molar-refractivity contribution is 0.587. The zero-order valence-corrected chi connectivity index (χ0v) is 9.78. The molecule has 1 aromatic heterocycles. The predicted octanol–water partition coefficient (Wildman–Crippen LogP) is 1.37. The first kappa shape index (κ1) is 11.6. The maximum absolute atomic E-state index is 13.5. The SMILES string of the molecule is CN(c1ccccc1F)S(=O)(=O)c1cnc[nH]1. The smallest absolute Gasteiger partial charge is 0.281 e. The normalized spacial score (nSPS) is 11.4. The van der Waals surface area contributed by atoms with Crippen LogP contribution in [0.5, 0.6) is 0 Å². The van der Waals surface area contributed by atoms with E-state index >= 15 is 0 Å². The molecule has 0 saturated carbocycles. The van der Waals surface area contributed by atoms with Crippen LogP contribution in [0.1, 0.15) is 0 Å². The van der Waals surface area contributed by atoms with Crippen LogP contribution in [0.2, 0.25) is 0 Å². The zero-order valence-electron chi connectivity index (χ0n) is 8.96. The van der Waals surface area contributed by atoms with Gasteiger partial charge in [0.25, 0.3) is 10.0 Å². The van der Waals surface area contributed by atoms with Crippen LogP contribution in [0.3, 0.4) is 0 Å². The first-order valence-electron chi connectivity index (χ1n) is 4.75. The Labute approximate surface area is 98.0 Å². The van der Waals surface area contributed by atoms with Gasteiger partial charge in [0.15, 0.2) is 5.03 Å². The first-order valence-corrected chi connectivity index (χ1v) is 6.19. The second-order valence-electron chi connectivity index (χ2n) is 3.34. The number of nitrogens with one attached hydrogen (secondary N) is 1. The Morgan fingerprint density at radius 3 is 2.65 bits per heavy atom. The quantitative estimate of drug-likeness (QED) is 0.900. The van der Waals surface area contributed by atoms with E-state index in [1.54, 1.807) is 6.07 Å². The molecule has 0 bridgehead atoms. The van der Waals surface area contributed by atoms with Crippen LogP contribution < -0.4 is 4.31 Å². The van der Waals surface area contributed by atoms with Gasteiger partial charge in [-0.1, -0.05) is 12.1 Å². The Morgan fingerprint density at radius 1 is 1.35 bits per heavy atom. The molecule has 2 aromatic rings. The van der Waals surface area contributed by atoms with Gasteiger partial charge in [0.2, 0.25) is 0 Å². The molecule has 0 saturated heterocycles. The van der Waals surface area contributed by atoms with Crippen molar-refractivity contribution in [3.8, 4) is 0 Å². The summed E-state index contributed by atoms with van der Waals surface area (Å²) in [5.41, 5.74) is -0.0119. The minimum absolute atomic E-state index is 0.0119. The summed E-state index contributed by atoms with van der Waals surface area (Å²) in [6.45, 7) is 0. The summed E-state index contributed by atoms with van der Waals surface area (Å²) in [6, 6.07) is 5.66. The van der Waals surface area contributed by atoms with Crippen molar-refractivity contribution in [2.75, 3.05) is 11.4 Å². The van der Waals surface area contributed by atoms with E-state index < -0.39 is 15.8 Å². The summed E-state index contributed by atoms with van der Waals surface area (Å²) < 4.78 is 38.4. The van der Waals surface area contributed by atoms with Crippen molar-refractivity contribution in [2.45, 2.75) is 5.03 Å². The number of sulfonamides is 1. The molecule has 0 spiro atoms. The number of hydrogen-bond acceptors (Lipinski definition) is 3. The van der Waals surface area contributed by atoms with Gasteiger partial charge < -0.3 is 4.98 Å². The fourth-order valence-electron chi connectivity index (χ4n) is 1.37. The van der Waals surface area contributed by atoms with Gasteiger partial charge >= 0.3 is 0 Å². The van der Waals surface area contributed by atoms with Gasteiger partial charge in [-0.3, -0.25) is 4.31 Å². The number of benzene rings is 1. The number of para-hydroxylation sites is 1. The molecule has 0 radical (unpaired) electrons. The van der Waals surface area contributed by atoms with Crippen LogP contribution in [0.4, 0.5) is 10.1 Å². The van der Waals surface area contributed by atoms with Crippen LogP contribution in [0.15, 0.2) is 41.8 Å². The molecule has 0 amide bonds. The van der Waals surface area contributed by atoms with Crippen molar-refractivity contribution in [3.05, 3.63) is 42.6 Å². The van der Waals surface area contributed by atoms with Crippen molar-refractivity contribution < 1.29 is 12.8 Å². The first-order chi connectivity index (χ1) is 8.03. The average molecular weight is 255 g/mol. The lowest BCUT2D eigenvalue weighted by atomic mass is 10.3. The molecule has 0 aliphatic heterocycles. The fraction of sp³-hybridized carbons (Fsp3) is 0.100. The summed E-state index contributed by atoms with van der Waals surface area (Å²) >= 11 is 0. The molecule has 1 aromatic carbocycles. The highest BCUT2D eigenvalue weighted by molar-refractivity contribution is 7.92. The summed E-state index contributed by atoms with van der Waals surface area (Å²) in [5.74, 6) is -0.599. The van der Waals surface area contributed by atoms with Gasteiger partial charge in [0.05, 0.1) is 18.2 Å². The Morgan fingerprint density at radius 2 is 2.06 bits per heavy atom. The second-order valence-corrected chi connectivity index (χ2v) is 5.28. The Hall–Kier alpha value is -1.89. The number of anilines is 1. The largest absolute Gasteiger partial charge is 0.334 e. The topological polar surface area (TPSA) is 66.1 Å². The Bertz CT molecular complexity index is 610. The fourth-order valence-corrected chi connectivity index (χ4v) is 2.47. The number of aromatic nitrogens is 2. The highest BCUT2D eigenvalue weighted by Gasteiger charge is 2.24. The maximum Gasteiger partial charge on any atom is 0.281 e. The Balaban J connectivity index is 2.46. The number of nitrogens with zero attached hydrogens (tertiary/aromatic N) is 2. The van der Waals surface area contributed by atoms with E-state index in [0.717, 1.165) is 4.31 Å². The summed E-state index contributed by atoms with van der Waals surface area (Å²) in [6.07, 6.45) is 2.43. The van der Waals surface area contributed by atoms with E-state index in [2.05, 4.69) is 9.97 Å². The molecule has 5 nitrogen and oxygen atoms in total. The molecule has 17 heavy (non-hydrogen) atoms. The van der Waals surface area contributed by atoms with Crippen LogP contribution in [0.25, 0.3) is 0 Å². The molecule has 1 N–H and O–H groups in total. The van der Waals surface area contributed by atoms with Crippen LogP contribution >= 0.6 is 0 Å². The Kier molecular flexibility index (Phi) is 2.84. The van der Waals surface area contributed by atoms with Crippen molar-refractivity contribution in [2.24, 2.45) is 0 Å². The van der Waals surface area contributed by atoms with E-state index in [1.165, 1.54) is 37.8 Å². The third-order valence-electron chi connectivity index (χ3n) is 2.30. The van der Waals surface area contributed by atoms with Crippen molar-refractivity contribution in [1.82, 2.24) is 9.97 Å². The summed E-state index contributed by atoms with van der Waals surface area (Å²) in [5, 5.41) is -0.0803. The van der Waals surface area contributed by atoms with Crippen molar-refractivity contribution in [3.63, 3.8) is 0 Å². The maximum atomic E-state index is 13.5. The van der Waals surface area contributed by atoms with E-state index in [0.29, 0.717) is 0 Å². The van der Waals surface area contributed by atoms with Crippen LogP contribution in [-0.4, -0.2) is 25.4 Å². The number of hydrogen-bond donors (Lipinski definition) is 1. The third-order valence-corrected chi connectivity index (χ3v) is 4.00. The van der Waals surface area contributed by atoms with Crippen LogP contribution in [-0.2, 0) is 10.0 Å². The highest BCUT2D eigenvalue weighted by Crippen LogP contribution is 2.22. The molecule has 0 atom stereocenters. The minimum Gasteiger partial charge on any atom is -0.334 e. The molecule has 2 rings (SSSR count). The molecule has 90 valence electrons. The van der Waals surface area contributed by atoms with E-state index in [1.807, 2.05) is 0 Å². The molecule has 7 heteroatoms. The second kappa shape index (κ2) is 4.17. The average Bonchev–Trinajstić information content (AvgIpc) is 2.83. The monoisotopic (exact) mass is 255 g/mol. The number of halogens is 1. The molecule has 0 fully saturated rings. The predicted molar refractivity (Wildman–Crippen MR) is 60.6 cm³/mol. The lowest BCUT2D eigenvalue weighted by Gasteiger charge is -2.18. The molecule has 0 unspecified atom stereocenters. The summed E-state index contributed by atoms with van der Waals surface area (Å²) in [7, 11) is -2.51. The van der Waals surface area contributed by atoms with Gasteiger partial charge in [0.1, 0.15) is 5.82 Å². The minimum atomic E-state index is -3.80. The van der Waals surface area contributed by atoms with Crippen molar-refractivity contribution in [1.29, 1.82) is 0 Å². The molecule has 0 aliphatic rings. The molecular weight excluding hydrogens is 245 g/mol. The van der Waals surface area contributed by atoms with Gasteiger partial charge in [-0.05, 0) is 12.1 Å². The van der Waals surface area contributed by atoms with Gasteiger partial charge in [-0.2, -0.15) is 8.42 Å². The summed E-state index contributed by atoms with van der Waals surface area (Å²) in [4.78, 5) is 6.12. The molecule has 0 aliphatic carbocycles. The number of imidazole rings is 1. The van der Waals surface area contributed by atoms with E-state index in [4.69, 9.17) is 0 Å². The van der Waals surface area contributed by atoms with Gasteiger partial charge in [-0.15, -0.1) is 0 Å². The highest BCUT2D eigenvalue weighted by atomic mass is 32.2. The number of aromatic amines is 1. The zero-order chi connectivity index (χ0) is 12.5. The van der Waals surface area contributed by atoms with Crippen molar-refractivity contribution >= 4 is 15.7 Å². The van der Waals surface area contributed by atoms with Gasteiger partial charge in [-0.25, -0.2) is 9.37 Å². The van der Waals surface area contributed by atoms with Crippen LogP contribution in [0, 0.1) is 5.82 Å². The van der Waals surface area contributed by atoms with E-state index in [-0.39, 0.29) is 10.7 Å². The van der Waals surface area contributed by atoms with E-state index in [9.17, 15) is 12.8 Å². The standard InChI is InChI=1S/C10H10FN3O2S/c1-14(9-5-3-2-4-8(9)11)17(15,16)10-6-12-7-13-10/h2-7H,1H3,(H,12,13). The molecular formula is C10H10FN3O2S. The van der Waals surface area contributed by atoms with Gasteiger partial charge in [0, 0.05) is 7.05 Å². The lowest BCUT2D eigenvalue weighted by Crippen LogP contribution is -2.27. The number of H-pyrrole nitrogens is 1. The number of rotatable bonds is 3. The molecule has 1 heterocycles.